The SMILES string of the molecule is CC(SC1COC1)C(O)(Cn1cncn1)c1ccc(F)cc1F. The Morgan fingerprint density at radius 3 is 2.83 bits per heavy atom. The predicted octanol–water partition coefficient (Wildman–Crippen LogP) is 1.96. The van der Waals surface area contributed by atoms with E-state index in [1.54, 1.807) is 0 Å². The molecule has 0 radical (unpaired) electrons. The van der Waals surface area contributed by atoms with Gasteiger partial charge in [0.15, 0.2) is 0 Å². The standard InChI is InChI=1S/C15H17F2N3O2S/c1-10(23-12-5-22-6-12)15(21,7-20-9-18-8-19-20)13-3-2-11(16)4-14(13)17/h2-4,8-10,12,21H,5-7H2,1H3. The second-order valence-electron chi connectivity index (χ2n) is 5.58. The van der Waals surface area contributed by atoms with E-state index in [0.717, 1.165) is 12.1 Å². The summed E-state index contributed by atoms with van der Waals surface area (Å²) in [5, 5.41) is 15.1. The van der Waals surface area contributed by atoms with Gasteiger partial charge in [-0.25, -0.2) is 18.4 Å². The molecule has 1 saturated heterocycles. The van der Waals surface area contributed by atoms with Crippen molar-refractivity contribution in [3.05, 3.63) is 48.1 Å². The highest BCUT2D eigenvalue weighted by Crippen LogP contribution is 2.39. The van der Waals surface area contributed by atoms with Gasteiger partial charge < -0.3 is 9.84 Å². The van der Waals surface area contributed by atoms with Crippen LogP contribution in [0.25, 0.3) is 0 Å². The van der Waals surface area contributed by atoms with Crippen molar-refractivity contribution >= 4 is 11.8 Å². The van der Waals surface area contributed by atoms with Gasteiger partial charge in [-0.05, 0) is 6.07 Å². The van der Waals surface area contributed by atoms with E-state index in [0.29, 0.717) is 13.2 Å². The van der Waals surface area contributed by atoms with Crippen LogP contribution >= 0.6 is 11.8 Å². The molecule has 1 fully saturated rings. The Balaban J connectivity index is 1.93. The summed E-state index contributed by atoms with van der Waals surface area (Å²) in [4.78, 5) is 3.84. The van der Waals surface area contributed by atoms with Crippen LogP contribution < -0.4 is 0 Å². The van der Waals surface area contributed by atoms with Crippen LogP contribution in [0.3, 0.4) is 0 Å². The highest BCUT2D eigenvalue weighted by atomic mass is 32.2. The first-order valence-corrected chi connectivity index (χ1v) is 8.17. The van der Waals surface area contributed by atoms with E-state index in [-0.39, 0.29) is 22.6 Å². The fourth-order valence-electron chi connectivity index (χ4n) is 2.53. The van der Waals surface area contributed by atoms with Gasteiger partial charge in [-0.1, -0.05) is 13.0 Å². The fraction of sp³-hybridized carbons (Fsp3) is 0.467. The first-order chi connectivity index (χ1) is 11.0. The number of halogens is 2. The summed E-state index contributed by atoms with van der Waals surface area (Å²) < 4.78 is 34.1. The number of aliphatic hydroxyl groups is 1. The van der Waals surface area contributed by atoms with Crippen LogP contribution in [-0.2, 0) is 16.9 Å². The minimum Gasteiger partial charge on any atom is -0.382 e. The Hall–Kier alpha value is -1.51. The second-order valence-corrected chi connectivity index (χ2v) is 7.23. The molecule has 2 atom stereocenters. The average Bonchev–Trinajstić information content (AvgIpc) is 2.95. The topological polar surface area (TPSA) is 60.2 Å². The van der Waals surface area contributed by atoms with Crippen molar-refractivity contribution < 1.29 is 18.6 Å². The van der Waals surface area contributed by atoms with Crippen molar-refractivity contribution in [3.63, 3.8) is 0 Å². The van der Waals surface area contributed by atoms with Crippen molar-refractivity contribution in [2.24, 2.45) is 0 Å². The van der Waals surface area contributed by atoms with Crippen molar-refractivity contribution in [2.75, 3.05) is 13.2 Å². The third kappa shape index (κ3) is 3.39. The van der Waals surface area contributed by atoms with Gasteiger partial charge in [-0.3, -0.25) is 0 Å². The van der Waals surface area contributed by atoms with E-state index in [4.69, 9.17) is 4.74 Å². The zero-order chi connectivity index (χ0) is 16.4. The molecule has 2 aromatic rings. The minimum absolute atomic E-state index is 0.0251. The summed E-state index contributed by atoms with van der Waals surface area (Å²) in [6.07, 6.45) is 2.80. The van der Waals surface area contributed by atoms with Crippen LogP contribution in [0.2, 0.25) is 0 Å². The molecule has 23 heavy (non-hydrogen) atoms. The van der Waals surface area contributed by atoms with Crippen LogP contribution in [0.1, 0.15) is 12.5 Å². The van der Waals surface area contributed by atoms with Gasteiger partial charge in [0.2, 0.25) is 0 Å². The maximum absolute atomic E-state index is 14.3. The summed E-state index contributed by atoms with van der Waals surface area (Å²) in [5.41, 5.74) is -1.50. The van der Waals surface area contributed by atoms with E-state index >= 15 is 0 Å². The van der Waals surface area contributed by atoms with Gasteiger partial charge in [0.05, 0.1) is 25.0 Å². The Morgan fingerprint density at radius 1 is 1.48 bits per heavy atom. The normalized spacial score (nSPS) is 19.1. The van der Waals surface area contributed by atoms with E-state index in [2.05, 4.69) is 10.1 Å². The third-order valence-electron chi connectivity index (χ3n) is 3.94. The summed E-state index contributed by atoms with van der Waals surface area (Å²) in [6.45, 7) is 3.07. The highest BCUT2D eigenvalue weighted by Gasteiger charge is 2.41. The molecule has 2 heterocycles. The Labute approximate surface area is 136 Å². The van der Waals surface area contributed by atoms with Gasteiger partial charge in [0, 0.05) is 16.9 Å². The van der Waals surface area contributed by atoms with E-state index in [1.165, 1.54) is 35.2 Å². The first-order valence-electron chi connectivity index (χ1n) is 7.22. The predicted molar refractivity (Wildman–Crippen MR) is 81.9 cm³/mol. The lowest BCUT2D eigenvalue weighted by molar-refractivity contribution is 0.0105. The number of thioether (sulfide) groups is 1. The molecule has 0 saturated carbocycles. The van der Waals surface area contributed by atoms with Crippen LogP contribution in [0.4, 0.5) is 8.78 Å². The first kappa shape index (κ1) is 16.4. The molecular weight excluding hydrogens is 324 g/mol. The van der Waals surface area contributed by atoms with E-state index in [1.807, 2.05) is 6.92 Å². The Morgan fingerprint density at radius 2 is 2.26 bits per heavy atom. The molecule has 0 bridgehead atoms. The number of aromatic nitrogens is 3. The van der Waals surface area contributed by atoms with Crippen LogP contribution in [0.15, 0.2) is 30.9 Å². The molecule has 1 N–H and O–H groups in total. The summed E-state index contributed by atoms with van der Waals surface area (Å²) in [7, 11) is 0. The fourth-order valence-corrected chi connectivity index (χ4v) is 3.88. The summed E-state index contributed by atoms with van der Waals surface area (Å²) in [6, 6.07) is 3.22. The zero-order valence-corrected chi connectivity index (χ0v) is 13.3. The number of benzene rings is 1. The van der Waals surface area contributed by atoms with Gasteiger partial charge in [0.1, 0.15) is 29.9 Å². The molecule has 1 aliphatic heterocycles. The average molecular weight is 341 g/mol. The number of hydrogen-bond acceptors (Lipinski definition) is 5. The Kier molecular flexibility index (Phi) is 4.65. The maximum atomic E-state index is 14.3. The molecule has 1 aliphatic rings. The van der Waals surface area contributed by atoms with Crippen molar-refractivity contribution in [2.45, 2.75) is 29.6 Å². The third-order valence-corrected chi connectivity index (χ3v) is 5.40. The Bertz CT molecular complexity index is 667. The number of rotatable bonds is 6. The molecule has 1 aromatic heterocycles. The van der Waals surface area contributed by atoms with Gasteiger partial charge in [-0.2, -0.15) is 5.10 Å². The molecule has 0 aliphatic carbocycles. The highest BCUT2D eigenvalue weighted by molar-refractivity contribution is 8.00. The monoisotopic (exact) mass is 341 g/mol. The van der Waals surface area contributed by atoms with Crippen molar-refractivity contribution in [1.29, 1.82) is 0 Å². The molecule has 5 nitrogen and oxygen atoms in total. The van der Waals surface area contributed by atoms with Crippen molar-refractivity contribution in [3.8, 4) is 0 Å². The minimum atomic E-state index is -1.55. The molecule has 8 heteroatoms. The lowest BCUT2D eigenvalue weighted by atomic mass is 9.90. The number of nitrogens with zero attached hydrogens (tertiary/aromatic N) is 3. The molecular formula is C15H17F2N3O2S. The zero-order valence-electron chi connectivity index (χ0n) is 12.5. The molecule has 0 spiro atoms. The maximum Gasteiger partial charge on any atom is 0.137 e. The lowest BCUT2D eigenvalue weighted by Crippen LogP contribution is -2.44. The smallest absolute Gasteiger partial charge is 0.137 e. The van der Waals surface area contributed by atoms with E-state index < -0.39 is 17.2 Å². The van der Waals surface area contributed by atoms with Crippen LogP contribution in [-0.4, -0.2) is 43.6 Å². The van der Waals surface area contributed by atoms with Gasteiger partial charge >= 0.3 is 0 Å². The lowest BCUT2D eigenvalue weighted by Gasteiger charge is -2.38. The summed E-state index contributed by atoms with van der Waals surface area (Å²) >= 11 is 1.53. The number of hydrogen-bond donors (Lipinski definition) is 1. The van der Waals surface area contributed by atoms with Crippen molar-refractivity contribution in [1.82, 2.24) is 14.8 Å². The largest absolute Gasteiger partial charge is 0.382 e. The second kappa shape index (κ2) is 6.54. The van der Waals surface area contributed by atoms with Gasteiger partial charge in [0.25, 0.3) is 0 Å². The van der Waals surface area contributed by atoms with Gasteiger partial charge in [-0.15, -0.1) is 11.8 Å². The molecule has 2 unspecified atom stereocenters. The van der Waals surface area contributed by atoms with Crippen LogP contribution in [0, 0.1) is 11.6 Å². The molecule has 124 valence electrons. The molecule has 3 rings (SSSR count). The summed E-state index contributed by atoms with van der Waals surface area (Å²) in [5.74, 6) is -1.45. The van der Waals surface area contributed by atoms with E-state index in [9.17, 15) is 13.9 Å². The number of ether oxygens (including phenoxy) is 1. The molecule has 1 aromatic carbocycles. The molecule has 0 amide bonds. The quantitative estimate of drug-likeness (QED) is 0.870. The van der Waals surface area contributed by atoms with Crippen LogP contribution in [0.5, 0.6) is 0 Å².